The van der Waals surface area contributed by atoms with Crippen LogP contribution in [0.25, 0.3) is 0 Å². The molecule has 0 aromatic heterocycles. The lowest BCUT2D eigenvalue weighted by atomic mass is 10.0. The first-order valence-electron chi connectivity index (χ1n) is 10.5. The minimum atomic E-state index is -0.584. The molecule has 1 unspecified atom stereocenters. The van der Waals surface area contributed by atoms with E-state index in [1.807, 2.05) is 58.9 Å². The third-order valence-electron chi connectivity index (χ3n) is 4.90. The maximum absolute atomic E-state index is 13.3. The number of nitrogens with zero attached hydrogens (tertiary/aromatic N) is 1. The van der Waals surface area contributed by atoms with Crippen molar-refractivity contribution in [3.63, 3.8) is 0 Å². The average Bonchev–Trinajstić information content (AvgIpc) is 2.67. The SMILES string of the molecule is CCC(C(=O)NC(C)(C)C)N(Cc1ccc(F)cc1)C(=O)CCc1ccc(C)cc1. The van der Waals surface area contributed by atoms with Crippen molar-refractivity contribution in [1.29, 1.82) is 0 Å². The molecule has 1 atom stereocenters. The van der Waals surface area contributed by atoms with E-state index in [-0.39, 0.29) is 24.2 Å². The number of nitrogens with one attached hydrogen (secondary N) is 1. The van der Waals surface area contributed by atoms with Gasteiger partial charge >= 0.3 is 0 Å². The zero-order chi connectivity index (χ0) is 22.3. The van der Waals surface area contributed by atoms with Gasteiger partial charge in [-0.1, -0.05) is 48.9 Å². The molecule has 0 bridgehead atoms. The molecular weight excluding hydrogens is 379 g/mol. The van der Waals surface area contributed by atoms with Crippen LogP contribution in [0.1, 0.15) is 57.2 Å². The monoisotopic (exact) mass is 412 g/mol. The smallest absolute Gasteiger partial charge is 0.243 e. The Morgan fingerprint density at radius 2 is 1.57 bits per heavy atom. The van der Waals surface area contributed by atoms with Crippen molar-refractivity contribution in [2.45, 2.75) is 72.0 Å². The molecule has 2 rings (SSSR count). The van der Waals surface area contributed by atoms with Crippen LogP contribution in [0.5, 0.6) is 0 Å². The van der Waals surface area contributed by atoms with Gasteiger partial charge in [0.25, 0.3) is 0 Å². The summed E-state index contributed by atoms with van der Waals surface area (Å²) in [6.07, 6.45) is 1.42. The van der Waals surface area contributed by atoms with Gasteiger partial charge in [0.1, 0.15) is 11.9 Å². The van der Waals surface area contributed by atoms with E-state index in [2.05, 4.69) is 5.32 Å². The third kappa shape index (κ3) is 7.29. The summed E-state index contributed by atoms with van der Waals surface area (Å²) in [5.41, 5.74) is 2.66. The van der Waals surface area contributed by atoms with E-state index in [0.717, 1.165) is 11.1 Å². The van der Waals surface area contributed by atoms with E-state index in [4.69, 9.17) is 0 Å². The van der Waals surface area contributed by atoms with Crippen LogP contribution in [0, 0.1) is 12.7 Å². The highest BCUT2D eigenvalue weighted by Crippen LogP contribution is 2.17. The Morgan fingerprint density at radius 3 is 2.10 bits per heavy atom. The standard InChI is InChI=1S/C25H33FN2O2/c1-6-22(24(30)27-25(3,4)5)28(17-20-11-14-21(26)15-12-20)23(29)16-13-19-9-7-18(2)8-10-19/h7-12,14-15,22H,6,13,16-17H2,1-5H3,(H,27,30). The first-order chi connectivity index (χ1) is 14.1. The Kier molecular flexibility index (Phi) is 8.16. The molecule has 2 aromatic carbocycles. The normalized spacial score (nSPS) is 12.3. The van der Waals surface area contributed by atoms with Gasteiger partial charge in [-0.15, -0.1) is 0 Å². The van der Waals surface area contributed by atoms with Crippen LogP contribution in [-0.4, -0.2) is 28.3 Å². The number of hydrogen-bond acceptors (Lipinski definition) is 2. The highest BCUT2D eigenvalue weighted by atomic mass is 19.1. The predicted octanol–water partition coefficient (Wildman–Crippen LogP) is 4.79. The van der Waals surface area contributed by atoms with Crippen molar-refractivity contribution >= 4 is 11.8 Å². The number of carbonyl (C=O) groups excluding carboxylic acids is 2. The summed E-state index contributed by atoms with van der Waals surface area (Å²) in [4.78, 5) is 27.8. The highest BCUT2D eigenvalue weighted by Gasteiger charge is 2.30. The lowest BCUT2D eigenvalue weighted by Gasteiger charge is -2.33. The number of rotatable bonds is 8. The lowest BCUT2D eigenvalue weighted by Crippen LogP contribution is -2.53. The van der Waals surface area contributed by atoms with Crippen molar-refractivity contribution in [3.05, 3.63) is 71.0 Å². The molecule has 2 aromatic rings. The minimum absolute atomic E-state index is 0.0872. The zero-order valence-corrected chi connectivity index (χ0v) is 18.7. The maximum Gasteiger partial charge on any atom is 0.243 e. The fourth-order valence-corrected chi connectivity index (χ4v) is 3.31. The third-order valence-corrected chi connectivity index (χ3v) is 4.90. The summed E-state index contributed by atoms with van der Waals surface area (Å²) in [6, 6.07) is 13.6. The fourth-order valence-electron chi connectivity index (χ4n) is 3.31. The Hall–Kier alpha value is -2.69. The minimum Gasteiger partial charge on any atom is -0.350 e. The number of halogens is 1. The molecule has 4 nitrogen and oxygen atoms in total. The number of carbonyl (C=O) groups is 2. The number of amides is 2. The van der Waals surface area contributed by atoms with E-state index < -0.39 is 11.6 Å². The molecule has 0 heterocycles. The van der Waals surface area contributed by atoms with Crippen LogP contribution < -0.4 is 5.32 Å². The molecule has 0 saturated heterocycles. The molecule has 162 valence electrons. The van der Waals surface area contributed by atoms with E-state index in [0.29, 0.717) is 19.3 Å². The van der Waals surface area contributed by atoms with Gasteiger partial charge in [0.05, 0.1) is 0 Å². The molecule has 0 saturated carbocycles. The quantitative estimate of drug-likeness (QED) is 0.678. The molecule has 0 fully saturated rings. The lowest BCUT2D eigenvalue weighted by molar-refractivity contribution is -0.142. The summed E-state index contributed by atoms with van der Waals surface area (Å²) < 4.78 is 13.3. The van der Waals surface area contributed by atoms with E-state index in [9.17, 15) is 14.0 Å². The molecule has 0 aliphatic rings. The van der Waals surface area contributed by atoms with Gasteiger partial charge < -0.3 is 10.2 Å². The molecule has 2 amide bonds. The molecule has 0 aliphatic carbocycles. The second-order valence-electron chi connectivity index (χ2n) is 8.80. The Labute approximate surface area is 179 Å². The van der Waals surface area contributed by atoms with Gasteiger partial charge in [-0.05, 0) is 63.8 Å². The predicted molar refractivity (Wildman–Crippen MR) is 118 cm³/mol. The van der Waals surface area contributed by atoms with Crippen LogP contribution in [0.4, 0.5) is 4.39 Å². The van der Waals surface area contributed by atoms with E-state index in [1.54, 1.807) is 17.0 Å². The number of hydrogen-bond donors (Lipinski definition) is 1. The molecule has 1 N–H and O–H groups in total. The van der Waals surface area contributed by atoms with Gasteiger partial charge in [-0.25, -0.2) is 4.39 Å². The number of aryl methyl sites for hydroxylation is 2. The Bertz CT molecular complexity index is 839. The number of benzene rings is 2. The van der Waals surface area contributed by atoms with Crippen LogP contribution in [0.15, 0.2) is 48.5 Å². The summed E-state index contributed by atoms with van der Waals surface area (Å²) >= 11 is 0. The van der Waals surface area contributed by atoms with Crippen LogP contribution in [0.3, 0.4) is 0 Å². The molecule has 30 heavy (non-hydrogen) atoms. The van der Waals surface area contributed by atoms with Gasteiger partial charge in [0.15, 0.2) is 0 Å². The van der Waals surface area contributed by atoms with Crippen molar-refractivity contribution in [1.82, 2.24) is 10.2 Å². The largest absolute Gasteiger partial charge is 0.350 e. The maximum atomic E-state index is 13.3. The van der Waals surface area contributed by atoms with Crippen molar-refractivity contribution in [2.24, 2.45) is 0 Å². The Morgan fingerprint density at radius 1 is 1.00 bits per heavy atom. The molecule has 0 spiro atoms. The summed E-state index contributed by atoms with van der Waals surface area (Å²) in [6.45, 7) is 9.95. The average molecular weight is 413 g/mol. The highest BCUT2D eigenvalue weighted by molar-refractivity contribution is 5.88. The first kappa shape index (κ1) is 23.6. The molecule has 0 radical (unpaired) electrons. The van der Waals surface area contributed by atoms with Gasteiger partial charge in [0.2, 0.25) is 11.8 Å². The first-order valence-corrected chi connectivity index (χ1v) is 10.5. The van der Waals surface area contributed by atoms with E-state index in [1.165, 1.54) is 17.7 Å². The van der Waals surface area contributed by atoms with Crippen molar-refractivity contribution < 1.29 is 14.0 Å². The second-order valence-corrected chi connectivity index (χ2v) is 8.80. The fraction of sp³-hybridized carbons (Fsp3) is 0.440. The van der Waals surface area contributed by atoms with Crippen LogP contribution in [-0.2, 0) is 22.6 Å². The summed E-state index contributed by atoms with van der Waals surface area (Å²) in [5.74, 6) is -0.583. The molecule has 0 aliphatic heterocycles. The second kappa shape index (κ2) is 10.4. The van der Waals surface area contributed by atoms with Gasteiger partial charge in [-0.3, -0.25) is 9.59 Å². The Balaban J connectivity index is 2.21. The van der Waals surface area contributed by atoms with Crippen LogP contribution >= 0.6 is 0 Å². The zero-order valence-electron chi connectivity index (χ0n) is 18.7. The van der Waals surface area contributed by atoms with Crippen LogP contribution in [0.2, 0.25) is 0 Å². The molecule has 5 heteroatoms. The molecular formula is C25H33FN2O2. The van der Waals surface area contributed by atoms with E-state index >= 15 is 0 Å². The van der Waals surface area contributed by atoms with Gasteiger partial charge in [0, 0.05) is 18.5 Å². The summed E-state index contributed by atoms with van der Waals surface area (Å²) in [7, 11) is 0. The van der Waals surface area contributed by atoms with Gasteiger partial charge in [-0.2, -0.15) is 0 Å². The topological polar surface area (TPSA) is 49.4 Å². The summed E-state index contributed by atoms with van der Waals surface area (Å²) in [5, 5.41) is 2.99. The van der Waals surface area contributed by atoms with Crippen molar-refractivity contribution in [2.75, 3.05) is 0 Å². The van der Waals surface area contributed by atoms with Crippen molar-refractivity contribution in [3.8, 4) is 0 Å².